The summed E-state index contributed by atoms with van der Waals surface area (Å²) in [4.78, 5) is 45.3. The highest BCUT2D eigenvalue weighted by Crippen LogP contribution is 2.31. The van der Waals surface area contributed by atoms with Gasteiger partial charge in [0.05, 0.1) is 16.7 Å². The summed E-state index contributed by atoms with van der Waals surface area (Å²) in [5, 5.41) is 5.88. The lowest BCUT2D eigenvalue weighted by Crippen LogP contribution is -2.55. The minimum Gasteiger partial charge on any atom is -0.367 e. The molecule has 6 rings (SSSR count). The number of benzene rings is 1. The number of aryl methyl sites for hydroxylation is 1. The number of carbonyl (C=O) groups excluding carboxylic acids is 2. The van der Waals surface area contributed by atoms with Gasteiger partial charge in [0.25, 0.3) is 0 Å². The molecular formula is C27H39N7O3. The van der Waals surface area contributed by atoms with Gasteiger partial charge in [-0.25, -0.2) is 4.79 Å². The third kappa shape index (κ3) is 4.59. The summed E-state index contributed by atoms with van der Waals surface area (Å²) >= 11 is 0. The van der Waals surface area contributed by atoms with Crippen molar-refractivity contribution in [1.29, 1.82) is 0 Å². The molecule has 0 radical (unpaired) electrons. The fraction of sp³-hybridized carbons (Fsp3) is 0.667. The van der Waals surface area contributed by atoms with E-state index in [-0.39, 0.29) is 18.0 Å². The van der Waals surface area contributed by atoms with Crippen LogP contribution in [0.2, 0.25) is 0 Å². The summed E-state index contributed by atoms with van der Waals surface area (Å²) < 4.78 is 3.24. The number of hydrogen-bond acceptors (Lipinski definition) is 7. The number of likely N-dealkylation sites (tertiary alicyclic amines) is 1. The van der Waals surface area contributed by atoms with Crippen LogP contribution in [-0.2, 0) is 16.6 Å². The van der Waals surface area contributed by atoms with Crippen LogP contribution in [0, 0.1) is 0 Å². The smallest absolute Gasteiger partial charge is 0.329 e. The van der Waals surface area contributed by atoms with Gasteiger partial charge in [-0.3, -0.25) is 28.9 Å². The molecule has 2 N–H and O–H groups in total. The van der Waals surface area contributed by atoms with Gasteiger partial charge < -0.3 is 15.1 Å². The van der Waals surface area contributed by atoms with Crippen molar-refractivity contribution in [2.24, 2.45) is 7.05 Å². The zero-order chi connectivity index (χ0) is 25.5. The van der Waals surface area contributed by atoms with Crippen molar-refractivity contribution < 1.29 is 9.59 Å². The van der Waals surface area contributed by atoms with Crippen molar-refractivity contribution in [2.45, 2.75) is 56.7 Å². The highest BCUT2D eigenvalue weighted by Gasteiger charge is 2.33. The molecular weight excluding hydrogens is 470 g/mol. The first-order valence-electron chi connectivity index (χ1n) is 14.0. The van der Waals surface area contributed by atoms with Gasteiger partial charge >= 0.3 is 5.69 Å². The van der Waals surface area contributed by atoms with Gasteiger partial charge in [-0.2, -0.15) is 0 Å². The third-order valence-corrected chi connectivity index (χ3v) is 9.10. The number of rotatable bonds is 4. The van der Waals surface area contributed by atoms with Crippen LogP contribution in [0.1, 0.15) is 44.6 Å². The minimum atomic E-state index is -0.656. The Hall–Kier alpha value is -2.69. The Bertz CT molecular complexity index is 1210. The number of anilines is 1. The average molecular weight is 510 g/mol. The SMILES string of the molecule is Cn1c(=O)n(C2CCC(=O)NC2=O)c2cccc(N3CCN(C4CCN(C5CCNCC5)CC4)CC3)c21. The molecule has 4 aliphatic heterocycles. The van der Waals surface area contributed by atoms with Gasteiger partial charge in [0.15, 0.2) is 0 Å². The van der Waals surface area contributed by atoms with Crippen LogP contribution >= 0.6 is 0 Å². The maximum Gasteiger partial charge on any atom is 0.329 e. The van der Waals surface area contributed by atoms with Crippen LogP contribution in [0.5, 0.6) is 0 Å². The largest absolute Gasteiger partial charge is 0.367 e. The lowest BCUT2D eigenvalue weighted by Gasteiger charge is -2.45. The van der Waals surface area contributed by atoms with E-state index in [0.717, 1.165) is 62.0 Å². The first-order chi connectivity index (χ1) is 18.0. The number of nitrogens with one attached hydrogen (secondary N) is 2. The highest BCUT2D eigenvalue weighted by molar-refractivity contribution is 6.00. The van der Waals surface area contributed by atoms with Crippen molar-refractivity contribution in [2.75, 3.05) is 57.3 Å². The molecule has 2 amide bonds. The van der Waals surface area contributed by atoms with Crippen molar-refractivity contribution in [3.63, 3.8) is 0 Å². The normalized spacial score (nSPS) is 25.6. The molecule has 1 aromatic carbocycles. The first kappa shape index (κ1) is 24.6. The van der Waals surface area contributed by atoms with E-state index >= 15 is 0 Å². The van der Waals surface area contributed by atoms with E-state index in [1.165, 1.54) is 38.8 Å². The van der Waals surface area contributed by atoms with E-state index < -0.39 is 11.9 Å². The van der Waals surface area contributed by atoms with E-state index in [1.807, 2.05) is 12.1 Å². The topological polar surface area (TPSA) is 94.8 Å². The minimum absolute atomic E-state index is 0.212. The lowest BCUT2D eigenvalue weighted by atomic mass is 9.97. The monoisotopic (exact) mass is 509 g/mol. The van der Waals surface area contributed by atoms with Gasteiger partial charge in [-0.15, -0.1) is 0 Å². The predicted molar refractivity (Wildman–Crippen MR) is 143 cm³/mol. The number of imidazole rings is 1. The number of piperidine rings is 3. The fourth-order valence-corrected chi connectivity index (χ4v) is 7.02. The van der Waals surface area contributed by atoms with Crippen LogP contribution in [0.4, 0.5) is 5.69 Å². The summed E-state index contributed by atoms with van der Waals surface area (Å²) in [6.45, 7) is 8.63. The Labute approximate surface area is 217 Å². The van der Waals surface area contributed by atoms with Crippen LogP contribution < -0.4 is 21.2 Å². The van der Waals surface area contributed by atoms with Gasteiger partial charge in [-0.05, 0) is 70.4 Å². The average Bonchev–Trinajstić information content (AvgIpc) is 3.19. The molecule has 200 valence electrons. The number of piperazine rings is 1. The summed E-state index contributed by atoms with van der Waals surface area (Å²) in [6.07, 6.45) is 5.66. The molecule has 0 spiro atoms. The van der Waals surface area contributed by atoms with Gasteiger partial charge in [0.1, 0.15) is 6.04 Å². The Kier molecular flexibility index (Phi) is 6.81. The van der Waals surface area contributed by atoms with E-state index in [4.69, 9.17) is 0 Å². The summed E-state index contributed by atoms with van der Waals surface area (Å²) in [6, 6.07) is 6.74. The number of fused-ring (bicyclic) bond motifs is 1. The second-order valence-corrected chi connectivity index (χ2v) is 11.1. The van der Waals surface area contributed by atoms with Crippen molar-refractivity contribution in [3.8, 4) is 0 Å². The predicted octanol–water partition coefficient (Wildman–Crippen LogP) is 0.656. The van der Waals surface area contributed by atoms with E-state index in [9.17, 15) is 14.4 Å². The maximum absolute atomic E-state index is 13.3. The summed E-state index contributed by atoms with van der Waals surface area (Å²) in [5.41, 5.74) is 2.45. The number of aromatic nitrogens is 2. The molecule has 0 saturated carbocycles. The Balaban J connectivity index is 1.14. The molecule has 0 bridgehead atoms. The molecule has 5 heterocycles. The van der Waals surface area contributed by atoms with Gasteiger partial charge in [-0.1, -0.05) is 6.07 Å². The van der Waals surface area contributed by atoms with E-state index in [0.29, 0.717) is 12.5 Å². The molecule has 4 aliphatic rings. The summed E-state index contributed by atoms with van der Waals surface area (Å²) in [5.74, 6) is -0.666. The molecule has 10 heteroatoms. The number of nitrogens with zero attached hydrogens (tertiary/aromatic N) is 5. The van der Waals surface area contributed by atoms with Crippen molar-refractivity contribution >= 4 is 28.5 Å². The van der Waals surface area contributed by atoms with Crippen LogP contribution in [0.25, 0.3) is 11.0 Å². The molecule has 1 unspecified atom stereocenters. The maximum atomic E-state index is 13.3. The second-order valence-electron chi connectivity index (χ2n) is 11.1. The molecule has 10 nitrogen and oxygen atoms in total. The molecule has 2 aromatic rings. The number of para-hydroxylation sites is 1. The van der Waals surface area contributed by atoms with Gasteiger partial charge in [0.2, 0.25) is 11.8 Å². The molecule has 4 saturated heterocycles. The van der Waals surface area contributed by atoms with Crippen molar-refractivity contribution in [3.05, 3.63) is 28.7 Å². The molecule has 37 heavy (non-hydrogen) atoms. The van der Waals surface area contributed by atoms with Crippen LogP contribution in [-0.4, -0.2) is 95.2 Å². The fourth-order valence-electron chi connectivity index (χ4n) is 7.02. The number of hydrogen-bond donors (Lipinski definition) is 2. The molecule has 0 aliphatic carbocycles. The Morgan fingerprint density at radius 3 is 2.19 bits per heavy atom. The van der Waals surface area contributed by atoms with E-state index in [1.54, 1.807) is 16.2 Å². The van der Waals surface area contributed by atoms with Gasteiger partial charge in [0, 0.05) is 51.7 Å². The highest BCUT2D eigenvalue weighted by atomic mass is 16.2. The second kappa shape index (κ2) is 10.2. The summed E-state index contributed by atoms with van der Waals surface area (Å²) in [7, 11) is 1.78. The Morgan fingerprint density at radius 2 is 1.49 bits per heavy atom. The first-order valence-corrected chi connectivity index (χ1v) is 14.0. The number of imide groups is 1. The molecule has 1 aromatic heterocycles. The lowest BCUT2D eigenvalue weighted by molar-refractivity contribution is -0.135. The Morgan fingerprint density at radius 1 is 0.811 bits per heavy atom. The third-order valence-electron chi connectivity index (χ3n) is 9.10. The van der Waals surface area contributed by atoms with E-state index in [2.05, 4.69) is 31.4 Å². The standard InChI is InChI=1S/C27H39N7O3/c1-30-25-21(3-2-4-22(25)34(27(30)37)23-5-6-24(35)29-26(23)36)33-17-15-32(16-18-33)20-9-13-31(14-10-20)19-7-11-28-12-8-19/h2-4,19-20,23,28H,5-18H2,1H3,(H,29,35,36). The molecule has 4 fully saturated rings. The van der Waals surface area contributed by atoms with Crippen LogP contribution in [0.3, 0.4) is 0 Å². The zero-order valence-electron chi connectivity index (χ0n) is 21.8. The van der Waals surface area contributed by atoms with Crippen molar-refractivity contribution in [1.82, 2.24) is 29.6 Å². The van der Waals surface area contributed by atoms with Crippen LogP contribution in [0.15, 0.2) is 23.0 Å². The number of carbonyl (C=O) groups is 2. The zero-order valence-corrected chi connectivity index (χ0v) is 21.8. The quantitative estimate of drug-likeness (QED) is 0.585. The molecule has 1 atom stereocenters. The number of amides is 2.